The molecule has 0 saturated carbocycles. The molecule has 1 aliphatic carbocycles. The van der Waals surface area contributed by atoms with Crippen molar-refractivity contribution in [3.63, 3.8) is 0 Å². The first-order valence-electron chi connectivity index (χ1n) is 6.05. The van der Waals surface area contributed by atoms with Gasteiger partial charge in [-0.25, -0.2) is 0 Å². The summed E-state index contributed by atoms with van der Waals surface area (Å²) in [6, 6.07) is 6.01. The molecule has 6 nitrogen and oxygen atoms in total. The minimum atomic E-state index is -1.27. The molecule has 1 unspecified atom stereocenters. The van der Waals surface area contributed by atoms with Gasteiger partial charge in [0.15, 0.2) is 5.78 Å². The molecule has 0 fully saturated rings. The molecule has 0 N–H and O–H groups in total. The zero-order valence-corrected chi connectivity index (χ0v) is 10.9. The molecule has 1 aliphatic rings. The number of ketones is 1. The Balaban J connectivity index is 2.65. The summed E-state index contributed by atoms with van der Waals surface area (Å²) in [5.74, 6) is -0.710. The zero-order chi connectivity index (χ0) is 14.8. The monoisotopic (exact) mass is 275 g/mol. The number of methoxy groups -OCH3 is 1. The van der Waals surface area contributed by atoms with Gasteiger partial charge in [0.2, 0.25) is 0 Å². The van der Waals surface area contributed by atoms with Crippen molar-refractivity contribution in [2.24, 2.45) is 0 Å². The number of nitro groups is 1. The normalized spacial score (nSPS) is 21.6. The van der Waals surface area contributed by atoms with Gasteiger partial charge < -0.3 is 4.74 Å². The second-order valence-electron chi connectivity index (χ2n) is 4.54. The van der Waals surface area contributed by atoms with E-state index in [0.29, 0.717) is 0 Å². The van der Waals surface area contributed by atoms with Crippen molar-refractivity contribution in [1.29, 1.82) is 0 Å². The van der Waals surface area contributed by atoms with E-state index < -0.39 is 16.3 Å². The lowest BCUT2D eigenvalue weighted by Crippen LogP contribution is -2.38. The van der Waals surface area contributed by atoms with E-state index in [9.17, 15) is 19.7 Å². The second kappa shape index (κ2) is 5.24. The summed E-state index contributed by atoms with van der Waals surface area (Å²) in [5.41, 5.74) is -1.18. The highest BCUT2D eigenvalue weighted by Gasteiger charge is 2.45. The van der Waals surface area contributed by atoms with Gasteiger partial charge >= 0.3 is 5.97 Å². The highest BCUT2D eigenvalue weighted by atomic mass is 16.6. The first-order chi connectivity index (χ1) is 9.51. The number of hydrogen-bond acceptors (Lipinski definition) is 5. The van der Waals surface area contributed by atoms with Crippen LogP contribution in [0.2, 0.25) is 0 Å². The van der Waals surface area contributed by atoms with Crippen molar-refractivity contribution < 1.29 is 19.2 Å². The quantitative estimate of drug-likeness (QED) is 0.478. The van der Waals surface area contributed by atoms with Crippen LogP contribution in [0.1, 0.15) is 18.4 Å². The standard InChI is InChI=1S/C14H13NO5/c1-20-13(17)14(8-6-10(16)7-9-14)11-4-2-3-5-12(11)15(18)19/h2-6,8H,7,9H2,1H3. The number of carbonyl (C=O) groups excluding carboxylic acids is 2. The summed E-state index contributed by atoms with van der Waals surface area (Å²) >= 11 is 0. The molecule has 2 rings (SSSR count). The summed E-state index contributed by atoms with van der Waals surface area (Å²) < 4.78 is 4.79. The number of esters is 1. The van der Waals surface area contributed by atoms with Crippen LogP contribution in [-0.4, -0.2) is 23.8 Å². The van der Waals surface area contributed by atoms with Crippen LogP contribution in [0.5, 0.6) is 0 Å². The molecule has 0 radical (unpaired) electrons. The van der Waals surface area contributed by atoms with Crippen molar-refractivity contribution in [3.05, 3.63) is 52.1 Å². The van der Waals surface area contributed by atoms with E-state index in [-0.39, 0.29) is 29.9 Å². The van der Waals surface area contributed by atoms with Gasteiger partial charge in [0, 0.05) is 12.5 Å². The average molecular weight is 275 g/mol. The lowest BCUT2D eigenvalue weighted by molar-refractivity contribution is -0.385. The fourth-order valence-electron chi connectivity index (χ4n) is 2.42. The van der Waals surface area contributed by atoms with Gasteiger partial charge in [0.1, 0.15) is 5.41 Å². The van der Waals surface area contributed by atoms with Crippen molar-refractivity contribution in [3.8, 4) is 0 Å². The lowest BCUT2D eigenvalue weighted by Gasteiger charge is -2.29. The largest absolute Gasteiger partial charge is 0.468 e. The molecular weight excluding hydrogens is 262 g/mol. The van der Waals surface area contributed by atoms with E-state index in [2.05, 4.69) is 0 Å². The third-order valence-electron chi connectivity index (χ3n) is 3.45. The number of hydrogen-bond donors (Lipinski definition) is 0. The molecule has 0 aromatic heterocycles. The number of ether oxygens (including phenoxy) is 1. The Kier molecular flexibility index (Phi) is 3.65. The summed E-state index contributed by atoms with van der Waals surface area (Å²) in [5, 5.41) is 11.1. The number of benzene rings is 1. The molecular formula is C14H13NO5. The van der Waals surface area contributed by atoms with Gasteiger partial charge in [0.05, 0.1) is 17.6 Å². The summed E-state index contributed by atoms with van der Waals surface area (Å²) in [7, 11) is 1.23. The van der Waals surface area contributed by atoms with Crippen LogP contribution < -0.4 is 0 Å². The van der Waals surface area contributed by atoms with Crippen LogP contribution in [0, 0.1) is 10.1 Å². The number of carbonyl (C=O) groups is 2. The summed E-state index contributed by atoms with van der Waals surface area (Å²) in [6.07, 6.45) is 3.02. The number of nitro benzene ring substituents is 1. The van der Waals surface area contributed by atoms with Crippen molar-refractivity contribution in [1.82, 2.24) is 0 Å². The minimum absolute atomic E-state index is 0.108. The fraction of sp³-hybridized carbons (Fsp3) is 0.286. The third kappa shape index (κ3) is 2.20. The van der Waals surface area contributed by atoms with Crippen molar-refractivity contribution in [2.45, 2.75) is 18.3 Å². The molecule has 0 aliphatic heterocycles. The van der Waals surface area contributed by atoms with Gasteiger partial charge in [-0.2, -0.15) is 0 Å². The van der Waals surface area contributed by atoms with Crippen LogP contribution in [0.25, 0.3) is 0 Å². The highest BCUT2D eigenvalue weighted by Crippen LogP contribution is 2.40. The molecule has 1 atom stereocenters. The molecule has 0 saturated heterocycles. The average Bonchev–Trinajstić information content (AvgIpc) is 2.47. The number of nitrogens with zero attached hydrogens (tertiary/aromatic N) is 1. The molecule has 0 heterocycles. The van der Waals surface area contributed by atoms with Crippen molar-refractivity contribution in [2.75, 3.05) is 7.11 Å². The van der Waals surface area contributed by atoms with E-state index in [0.717, 1.165) is 0 Å². The number of para-hydroxylation sites is 1. The molecule has 1 aromatic rings. The Labute approximate surface area is 115 Å². The third-order valence-corrected chi connectivity index (χ3v) is 3.45. The summed E-state index contributed by atoms with van der Waals surface area (Å²) in [4.78, 5) is 34.1. The molecule has 104 valence electrons. The van der Waals surface area contributed by atoms with E-state index in [1.807, 2.05) is 0 Å². The molecule has 0 amide bonds. The van der Waals surface area contributed by atoms with Gasteiger partial charge in [-0.1, -0.05) is 24.3 Å². The Morgan fingerprint density at radius 3 is 2.65 bits per heavy atom. The molecule has 0 spiro atoms. The topological polar surface area (TPSA) is 86.5 Å². The van der Waals surface area contributed by atoms with Crippen LogP contribution >= 0.6 is 0 Å². The van der Waals surface area contributed by atoms with Crippen LogP contribution in [0.15, 0.2) is 36.4 Å². The smallest absolute Gasteiger partial charge is 0.320 e. The highest BCUT2D eigenvalue weighted by molar-refractivity contribution is 5.96. The number of allylic oxidation sites excluding steroid dienone is 1. The predicted octanol–water partition coefficient (Wildman–Crippen LogP) is 1.92. The van der Waals surface area contributed by atoms with Crippen molar-refractivity contribution >= 4 is 17.4 Å². The Morgan fingerprint density at radius 1 is 1.40 bits per heavy atom. The van der Waals surface area contributed by atoms with E-state index in [4.69, 9.17) is 4.74 Å². The SMILES string of the molecule is COC(=O)C1(c2ccccc2[N+](=O)[O-])C=CC(=O)CC1. The van der Waals surface area contributed by atoms with E-state index in [1.165, 1.54) is 37.5 Å². The van der Waals surface area contributed by atoms with Crippen LogP contribution in [0.4, 0.5) is 5.69 Å². The first-order valence-corrected chi connectivity index (χ1v) is 6.05. The molecule has 20 heavy (non-hydrogen) atoms. The number of rotatable bonds is 3. The van der Waals surface area contributed by atoms with Crippen LogP contribution in [0.3, 0.4) is 0 Å². The first kappa shape index (κ1) is 13.9. The lowest BCUT2D eigenvalue weighted by atomic mass is 9.72. The van der Waals surface area contributed by atoms with Gasteiger partial charge in [-0.3, -0.25) is 19.7 Å². The van der Waals surface area contributed by atoms with E-state index >= 15 is 0 Å². The molecule has 0 bridgehead atoms. The van der Waals surface area contributed by atoms with Gasteiger partial charge in [-0.15, -0.1) is 0 Å². The zero-order valence-electron chi connectivity index (χ0n) is 10.9. The Bertz CT molecular complexity index is 607. The molecule has 1 aromatic carbocycles. The second-order valence-corrected chi connectivity index (χ2v) is 4.54. The fourth-order valence-corrected chi connectivity index (χ4v) is 2.42. The maximum absolute atomic E-state index is 12.2. The summed E-state index contributed by atoms with van der Waals surface area (Å²) in [6.45, 7) is 0. The predicted molar refractivity (Wildman–Crippen MR) is 70.2 cm³/mol. The van der Waals surface area contributed by atoms with Crippen LogP contribution in [-0.2, 0) is 19.7 Å². The van der Waals surface area contributed by atoms with Gasteiger partial charge in [0.25, 0.3) is 5.69 Å². The maximum Gasteiger partial charge on any atom is 0.320 e. The minimum Gasteiger partial charge on any atom is -0.468 e. The Morgan fingerprint density at radius 2 is 2.10 bits per heavy atom. The molecule has 6 heteroatoms. The van der Waals surface area contributed by atoms with E-state index in [1.54, 1.807) is 6.07 Å². The Hall–Kier alpha value is -2.50. The maximum atomic E-state index is 12.2. The van der Waals surface area contributed by atoms with Gasteiger partial charge in [-0.05, 0) is 12.5 Å².